The summed E-state index contributed by atoms with van der Waals surface area (Å²) in [6.45, 7) is 4.43. The largest absolute Gasteiger partial charge is 0.269 e. The summed E-state index contributed by atoms with van der Waals surface area (Å²) in [5, 5.41) is 11.0. The highest BCUT2D eigenvalue weighted by molar-refractivity contribution is 6.08. The molecule has 1 fully saturated rings. The predicted octanol–water partition coefficient (Wildman–Crippen LogP) is 5.12. The first-order valence-electron chi connectivity index (χ1n) is 9.79. The lowest BCUT2D eigenvalue weighted by atomic mass is 9.96. The summed E-state index contributed by atoms with van der Waals surface area (Å²) in [7, 11) is 0. The summed E-state index contributed by atoms with van der Waals surface area (Å²) in [5.74, 6) is 0. The smallest absolute Gasteiger partial charge is 0.265 e. The standard InChI is InChI=1S/C22H25N3O2/c1-3-14-22(15-4-2)23-19(16-8-6-5-7-9-16)21-20(24(21)22)17-10-12-18(13-11-17)25(26)27/h5-13,20-21H,3-4,14-15H2,1-2H3. The number of rotatable bonds is 7. The molecule has 1 saturated heterocycles. The Hall–Kier alpha value is -2.53. The minimum Gasteiger partial charge on any atom is -0.265 e. The van der Waals surface area contributed by atoms with Crippen molar-refractivity contribution in [2.75, 3.05) is 0 Å². The lowest BCUT2D eigenvalue weighted by Crippen LogP contribution is -2.34. The molecule has 3 unspecified atom stereocenters. The summed E-state index contributed by atoms with van der Waals surface area (Å²) in [5.41, 5.74) is 3.49. The molecule has 0 bridgehead atoms. The molecule has 0 spiro atoms. The van der Waals surface area contributed by atoms with E-state index in [0.717, 1.165) is 31.2 Å². The van der Waals surface area contributed by atoms with Gasteiger partial charge < -0.3 is 0 Å². The third-order valence-corrected chi connectivity index (χ3v) is 5.71. The number of non-ortho nitro benzene ring substituents is 1. The van der Waals surface area contributed by atoms with Crippen molar-refractivity contribution in [2.45, 2.75) is 57.3 Å². The van der Waals surface area contributed by atoms with Crippen molar-refractivity contribution >= 4 is 11.4 Å². The maximum absolute atomic E-state index is 11.0. The van der Waals surface area contributed by atoms with Gasteiger partial charge in [-0.15, -0.1) is 0 Å². The quantitative estimate of drug-likeness (QED) is 0.390. The van der Waals surface area contributed by atoms with Gasteiger partial charge in [0.25, 0.3) is 5.69 Å². The Labute approximate surface area is 159 Å². The zero-order chi connectivity index (χ0) is 19.0. The molecule has 27 heavy (non-hydrogen) atoms. The number of nitro groups is 1. The van der Waals surface area contributed by atoms with Gasteiger partial charge in [-0.1, -0.05) is 69.2 Å². The number of hydrogen-bond donors (Lipinski definition) is 0. The Kier molecular flexibility index (Phi) is 4.56. The number of benzene rings is 2. The minimum absolute atomic E-state index is 0.143. The highest BCUT2D eigenvalue weighted by Crippen LogP contribution is 2.57. The second-order valence-electron chi connectivity index (χ2n) is 7.49. The zero-order valence-corrected chi connectivity index (χ0v) is 15.8. The highest BCUT2D eigenvalue weighted by Gasteiger charge is 2.64. The molecule has 4 rings (SSSR count). The van der Waals surface area contributed by atoms with E-state index in [1.54, 1.807) is 12.1 Å². The predicted molar refractivity (Wildman–Crippen MR) is 107 cm³/mol. The normalized spacial score (nSPS) is 25.0. The maximum Gasteiger partial charge on any atom is 0.269 e. The van der Waals surface area contributed by atoms with Crippen LogP contribution in [0.2, 0.25) is 0 Å². The zero-order valence-electron chi connectivity index (χ0n) is 15.8. The Morgan fingerprint density at radius 1 is 1.00 bits per heavy atom. The van der Waals surface area contributed by atoms with E-state index in [1.165, 1.54) is 11.3 Å². The average molecular weight is 363 g/mol. The SMILES string of the molecule is CCCC1(CCC)N=C(c2ccccc2)C2C(c3ccc([N+](=O)[O-])cc3)N21. The average Bonchev–Trinajstić information content (AvgIpc) is 3.35. The van der Waals surface area contributed by atoms with Gasteiger partial charge >= 0.3 is 0 Å². The van der Waals surface area contributed by atoms with E-state index >= 15 is 0 Å². The van der Waals surface area contributed by atoms with E-state index in [1.807, 2.05) is 18.2 Å². The Morgan fingerprint density at radius 2 is 1.63 bits per heavy atom. The van der Waals surface area contributed by atoms with Crippen molar-refractivity contribution in [1.82, 2.24) is 4.90 Å². The van der Waals surface area contributed by atoms with Gasteiger partial charge in [0.2, 0.25) is 0 Å². The molecule has 0 N–H and O–H groups in total. The van der Waals surface area contributed by atoms with Crippen LogP contribution in [0.25, 0.3) is 0 Å². The van der Waals surface area contributed by atoms with Crippen LogP contribution in [0.1, 0.15) is 56.7 Å². The topological polar surface area (TPSA) is 58.5 Å². The summed E-state index contributed by atoms with van der Waals surface area (Å²) in [4.78, 5) is 18.4. The number of fused-ring (bicyclic) bond motifs is 1. The molecule has 2 aliphatic rings. The van der Waals surface area contributed by atoms with Gasteiger partial charge in [0.05, 0.1) is 22.7 Å². The molecule has 3 atom stereocenters. The molecule has 0 saturated carbocycles. The minimum atomic E-state index is -0.340. The number of aliphatic imine (C=N–C) groups is 1. The number of nitro benzene ring substituents is 1. The molecule has 2 aromatic carbocycles. The van der Waals surface area contributed by atoms with Crippen molar-refractivity contribution in [3.05, 3.63) is 75.8 Å². The van der Waals surface area contributed by atoms with Gasteiger partial charge in [-0.25, -0.2) is 0 Å². The molecule has 5 heteroatoms. The lowest BCUT2D eigenvalue weighted by Gasteiger charge is -2.30. The Bertz CT molecular complexity index is 855. The van der Waals surface area contributed by atoms with Crippen LogP contribution in [-0.2, 0) is 0 Å². The van der Waals surface area contributed by atoms with E-state index in [4.69, 9.17) is 4.99 Å². The first kappa shape index (κ1) is 17.9. The van der Waals surface area contributed by atoms with Crippen LogP contribution in [-0.4, -0.2) is 27.2 Å². The molecular formula is C22H25N3O2. The first-order valence-corrected chi connectivity index (χ1v) is 9.79. The van der Waals surface area contributed by atoms with Crippen LogP contribution >= 0.6 is 0 Å². The summed E-state index contributed by atoms with van der Waals surface area (Å²) < 4.78 is 0. The van der Waals surface area contributed by atoms with Crippen LogP contribution in [0.4, 0.5) is 5.69 Å². The number of hydrogen-bond acceptors (Lipinski definition) is 4. The first-order chi connectivity index (χ1) is 13.1. The third kappa shape index (κ3) is 2.96. The van der Waals surface area contributed by atoms with Crippen molar-refractivity contribution in [1.29, 1.82) is 0 Å². The molecule has 0 aliphatic carbocycles. The summed E-state index contributed by atoms with van der Waals surface area (Å²) in [6.07, 6.45) is 4.25. The van der Waals surface area contributed by atoms with E-state index < -0.39 is 0 Å². The van der Waals surface area contributed by atoms with Gasteiger partial charge in [0.1, 0.15) is 5.66 Å². The van der Waals surface area contributed by atoms with Crippen molar-refractivity contribution < 1.29 is 4.92 Å². The monoisotopic (exact) mass is 363 g/mol. The lowest BCUT2D eigenvalue weighted by molar-refractivity contribution is -0.384. The fourth-order valence-electron chi connectivity index (χ4n) is 4.65. The summed E-state index contributed by atoms with van der Waals surface area (Å²) in [6, 6.07) is 18.0. The highest BCUT2D eigenvalue weighted by atomic mass is 16.6. The van der Waals surface area contributed by atoms with Crippen LogP contribution < -0.4 is 0 Å². The molecule has 140 valence electrons. The maximum atomic E-state index is 11.0. The van der Waals surface area contributed by atoms with E-state index in [-0.39, 0.29) is 28.4 Å². The van der Waals surface area contributed by atoms with E-state index in [0.29, 0.717) is 0 Å². The Balaban J connectivity index is 1.72. The molecule has 0 amide bonds. The molecule has 2 aromatic rings. The van der Waals surface area contributed by atoms with E-state index in [9.17, 15) is 10.1 Å². The van der Waals surface area contributed by atoms with Crippen molar-refractivity contribution in [2.24, 2.45) is 4.99 Å². The second kappa shape index (κ2) is 6.89. The van der Waals surface area contributed by atoms with Crippen LogP contribution in [0.5, 0.6) is 0 Å². The van der Waals surface area contributed by atoms with Crippen LogP contribution in [0.3, 0.4) is 0 Å². The third-order valence-electron chi connectivity index (χ3n) is 5.71. The summed E-state index contributed by atoms with van der Waals surface area (Å²) >= 11 is 0. The fourth-order valence-corrected chi connectivity index (χ4v) is 4.65. The van der Waals surface area contributed by atoms with Gasteiger partial charge in [0, 0.05) is 12.1 Å². The van der Waals surface area contributed by atoms with Gasteiger partial charge in [-0.05, 0) is 24.0 Å². The molecule has 2 aliphatic heterocycles. The van der Waals surface area contributed by atoms with Crippen molar-refractivity contribution in [3.63, 3.8) is 0 Å². The Morgan fingerprint density at radius 3 is 2.19 bits per heavy atom. The van der Waals surface area contributed by atoms with Crippen LogP contribution in [0.15, 0.2) is 59.6 Å². The van der Waals surface area contributed by atoms with Crippen molar-refractivity contribution in [3.8, 4) is 0 Å². The number of nitrogens with zero attached hydrogens (tertiary/aromatic N) is 3. The fraction of sp³-hybridized carbons (Fsp3) is 0.409. The molecular weight excluding hydrogens is 338 g/mol. The molecule has 0 radical (unpaired) electrons. The molecule has 0 aromatic heterocycles. The van der Waals surface area contributed by atoms with E-state index in [2.05, 4.69) is 43.0 Å². The molecule has 5 nitrogen and oxygen atoms in total. The second-order valence-corrected chi connectivity index (χ2v) is 7.49. The molecule has 2 heterocycles. The van der Waals surface area contributed by atoms with Crippen LogP contribution in [0, 0.1) is 10.1 Å². The van der Waals surface area contributed by atoms with Gasteiger partial charge in [-0.3, -0.25) is 20.0 Å². The van der Waals surface area contributed by atoms with Gasteiger partial charge in [0.15, 0.2) is 0 Å². The van der Waals surface area contributed by atoms with Gasteiger partial charge in [-0.2, -0.15) is 0 Å².